The third kappa shape index (κ3) is 4.80. The normalized spacial score (nSPS) is 15.9. The van der Waals surface area contributed by atoms with Gasteiger partial charge in [-0.1, -0.05) is 42.9 Å². The molecule has 0 spiro atoms. The number of benzene rings is 2. The van der Waals surface area contributed by atoms with Gasteiger partial charge in [-0.2, -0.15) is 0 Å². The van der Waals surface area contributed by atoms with Crippen LogP contribution >= 0.6 is 11.3 Å². The van der Waals surface area contributed by atoms with E-state index in [1.54, 1.807) is 35.6 Å². The number of anilines is 1. The van der Waals surface area contributed by atoms with Crippen LogP contribution in [-0.2, 0) is 11.2 Å². The zero-order chi connectivity index (χ0) is 24.4. The lowest BCUT2D eigenvalue weighted by atomic mass is 10.1. The SMILES string of the molecule is CCc1ccc2nc(N3CCN(C(=O)CCCCCN4C(=O)c5ccccc5C4=O)CC3)sc2c1. The summed E-state index contributed by atoms with van der Waals surface area (Å²) in [6.45, 7) is 5.58. The van der Waals surface area contributed by atoms with Gasteiger partial charge in [0.2, 0.25) is 5.91 Å². The van der Waals surface area contributed by atoms with Crippen molar-refractivity contribution in [3.05, 3.63) is 59.2 Å². The maximum Gasteiger partial charge on any atom is 0.261 e. The van der Waals surface area contributed by atoms with Gasteiger partial charge in [0.05, 0.1) is 21.3 Å². The summed E-state index contributed by atoms with van der Waals surface area (Å²) in [6, 6.07) is 13.4. The van der Waals surface area contributed by atoms with Crippen molar-refractivity contribution in [2.24, 2.45) is 0 Å². The summed E-state index contributed by atoms with van der Waals surface area (Å²) in [7, 11) is 0. The van der Waals surface area contributed by atoms with Crippen molar-refractivity contribution in [2.45, 2.75) is 39.0 Å². The molecule has 0 bridgehead atoms. The number of hydrogen-bond acceptors (Lipinski definition) is 6. The quantitative estimate of drug-likeness (QED) is 0.346. The van der Waals surface area contributed by atoms with Gasteiger partial charge in [0.25, 0.3) is 11.8 Å². The van der Waals surface area contributed by atoms with Gasteiger partial charge in [0, 0.05) is 39.1 Å². The van der Waals surface area contributed by atoms with Crippen molar-refractivity contribution >= 4 is 44.4 Å². The van der Waals surface area contributed by atoms with E-state index in [4.69, 9.17) is 4.98 Å². The number of hydrogen-bond donors (Lipinski definition) is 0. The highest BCUT2D eigenvalue weighted by Gasteiger charge is 2.34. The molecule has 8 heteroatoms. The van der Waals surface area contributed by atoms with Crippen LogP contribution in [0.4, 0.5) is 5.13 Å². The Labute approximate surface area is 209 Å². The molecule has 0 saturated carbocycles. The Morgan fingerprint density at radius 1 is 0.943 bits per heavy atom. The zero-order valence-electron chi connectivity index (χ0n) is 20.0. The summed E-state index contributed by atoms with van der Waals surface area (Å²) in [6.07, 6.45) is 3.81. The average Bonchev–Trinajstić information content (AvgIpc) is 3.43. The second-order valence-corrected chi connectivity index (χ2v) is 10.1. The number of fused-ring (bicyclic) bond motifs is 2. The number of piperazine rings is 1. The molecule has 3 heterocycles. The number of carbonyl (C=O) groups is 3. The molecule has 1 aromatic heterocycles. The molecule has 0 radical (unpaired) electrons. The molecule has 2 aliphatic heterocycles. The summed E-state index contributed by atoms with van der Waals surface area (Å²) in [5.41, 5.74) is 3.35. The number of aryl methyl sites for hydroxylation is 1. The van der Waals surface area contributed by atoms with Crippen molar-refractivity contribution in [1.82, 2.24) is 14.8 Å². The first-order chi connectivity index (χ1) is 17.0. The second-order valence-electron chi connectivity index (χ2n) is 9.14. The predicted octanol–water partition coefficient (Wildman–Crippen LogP) is 4.36. The number of carbonyl (C=O) groups excluding carboxylic acids is 3. The predicted molar refractivity (Wildman–Crippen MR) is 138 cm³/mol. The summed E-state index contributed by atoms with van der Waals surface area (Å²) in [4.78, 5) is 47.9. The molecule has 1 fully saturated rings. The number of nitrogens with zero attached hydrogens (tertiary/aromatic N) is 4. The van der Waals surface area contributed by atoms with Gasteiger partial charge in [-0.3, -0.25) is 19.3 Å². The molecule has 0 unspecified atom stereocenters. The Balaban J connectivity index is 1.04. The molecule has 35 heavy (non-hydrogen) atoms. The van der Waals surface area contributed by atoms with E-state index in [0.29, 0.717) is 43.6 Å². The van der Waals surface area contributed by atoms with E-state index in [-0.39, 0.29) is 17.7 Å². The third-order valence-electron chi connectivity index (χ3n) is 6.90. The van der Waals surface area contributed by atoms with Crippen molar-refractivity contribution < 1.29 is 14.4 Å². The lowest BCUT2D eigenvalue weighted by Gasteiger charge is -2.34. The average molecular weight is 491 g/mol. The Morgan fingerprint density at radius 3 is 2.34 bits per heavy atom. The minimum Gasteiger partial charge on any atom is -0.345 e. The lowest BCUT2D eigenvalue weighted by molar-refractivity contribution is -0.131. The molecule has 3 amide bonds. The van der Waals surface area contributed by atoms with Gasteiger partial charge in [-0.25, -0.2) is 4.98 Å². The lowest BCUT2D eigenvalue weighted by Crippen LogP contribution is -2.48. The number of unbranched alkanes of at least 4 members (excludes halogenated alkanes) is 2. The topological polar surface area (TPSA) is 73.8 Å². The Hall–Kier alpha value is -3.26. The smallest absolute Gasteiger partial charge is 0.261 e. The van der Waals surface area contributed by atoms with E-state index in [9.17, 15) is 14.4 Å². The Morgan fingerprint density at radius 2 is 1.66 bits per heavy atom. The third-order valence-corrected chi connectivity index (χ3v) is 7.98. The van der Waals surface area contributed by atoms with Crippen LogP contribution < -0.4 is 4.90 Å². The van der Waals surface area contributed by atoms with E-state index in [1.165, 1.54) is 15.2 Å². The Kier molecular flexibility index (Phi) is 6.81. The first-order valence-corrected chi connectivity index (χ1v) is 13.2. The fourth-order valence-electron chi connectivity index (χ4n) is 4.78. The first kappa shape index (κ1) is 23.5. The fourth-order valence-corrected chi connectivity index (χ4v) is 5.86. The molecular formula is C27H30N4O3S. The van der Waals surface area contributed by atoms with E-state index >= 15 is 0 Å². The van der Waals surface area contributed by atoms with E-state index in [0.717, 1.165) is 43.0 Å². The Bertz CT molecular complexity index is 1230. The van der Waals surface area contributed by atoms with Crippen LogP contribution in [0.3, 0.4) is 0 Å². The van der Waals surface area contributed by atoms with Crippen LogP contribution in [0, 0.1) is 0 Å². The monoisotopic (exact) mass is 490 g/mol. The minimum atomic E-state index is -0.210. The van der Waals surface area contributed by atoms with Crippen LogP contribution in [0.5, 0.6) is 0 Å². The highest BCUT2D eigenvalue weighted by atomic mass is 32.1. The van der Waals surface area contributed by atoms with Crippen LogP contribution in [-0.4, -0.2) is 65.2 Å². The molecule has 0 atom stereocenters. The highest BCUT2D eigenvalue weighted by molar-refractivity contribution is 7.22. The molecule has 0 aliphatic carbocycles. The van der Waals surface area contributed by atoms with Crippen molar-refractivity contribution in [2.75, 3.05) is 37.6 Å². The van der Waals surface area contributed by atoms with Crippen molar-refractivity contribution in [1.29, 1.82) is 0 Å². The van der Waals surface area contributed by atoms with Gasteiger partial charge in [0.1, 0.15) is 0 Å². The minimum absolute atomic E-state index is 0.183. The molecular weight excluding hydrogens is 460 g/mol. The molecule has 2 aromatic carbocycles. The van der Waals surface area contributed by atoms with E-state index in [1.807, 2.05) is 4.90 Å². The molecule has 1 saturated heterocycles. The van der Waals surface area contributed by atoms with Crippen molar-refractivity contribution in [3.63, 3.8) is 0 Å². The van der Waals surface area contributed by atoms with Gasteiger partial charge in [0.15, 0.2) is 5.13 Å². The zero-order valence-corrected chi connectivity index (χ0v) is 20.9. The molecule has 5 rings (SSSR count). The number of imide groups is 1. The van der Waals surface area contributed by atoms with Crippen molar-refractivity contribution in [3.8, 4) is 0 Å². The maximum atomic E-state index is 12.7. The van der Waals surface area contributed by atoms with E-state index < -0.39 is 0 Å². The fraction of sp³-hybridized carbons (Fsp3) is 0.407. The van der Waals surface area contributed by atoms with Gasteiger partial charge < -0.3 is 9.80 Å². The van der Waals surface area contributed by atoms with Crippen LogP contribution in [0.25, 0.3) is 10.2 Å². The van der Waals surface area contributed by atoms with Crippen LogP contribution in [0.15, 0.2) is 42.5 Å². The molecule has 182 valence electrons. The number of thiazole rings is 1. The highest BCUT2D eigenvalue weighted by Crippen LogP contribution is 2.30. The number of aromatic nitrogens is 1. The van der Waals surface area contributed by atoms with Gasteiger partial charge >= 0.3 is 0 Å². The molecule has 7 nitrogen and oxygen atoms in total. The molecule has 0 N–H and O–H groups in total. The maximum absolute atomic E-state index is 12.7. The van der Waals surface area contributed by atoms with E-state index in [2.05, 4.69) is 30.0 Å². The number of amides is 3. The summed E-state index contributed by atoms with van der Waals surface area (Å²) >= 11 is 1.73. The molecule has 2 aliphatic rings. The number of rotatable bonds is 8. The van der Waals surface area contributed by atoms with Crippen LogP contribution in [0.1, 0.15) is 58.9 Å². The summed E-state index contributed by atoms with van der Waals surface area (Å²) in [5.74, 6) is -0.237. The molecule has 3 aromatic rings. The van der Waals surface area contributed by atoms with Gasteiger partial charge in [-0.15, -0.1) is 0 Å². The summed E-state index contributed by atoms with van der Waals surface area (Å²) in [5, 5.41) is 1.04. The second kappa shape index (κ2) is 10.2. The largest absolute Gasteiger partial charge is 0.345 e. The summed E-state index contributed by atoms with van der Waals surface area (Å²) < 4.78 is 1.22. The van der Waals surface area contributed by atoms with Crippen LogP contribution in [0.2, 0.25) is 0 Å². The first-order valence-electron chi connectivity index (χ1n) is 12.4. The standard InChI is InChI=1S/C27H30N4O3S/c1-2-19-11-12-22-23(18-19)35-27(28-22)30-16-14-29(15-17-30)24(32)10-4-3-7-13-31-25(33)20-8-5-6-9-21(20)26(31)34/h5-6,8-9,11-12,18H,2-4,7,10,13-17H2,1H3. The van der Waals surface area contributed by atoms with Gasteiger partial charge in [-0.05, 0) is 49.1 Å².